The summed E-state index contributed by atoms with van der Waals surface area (Å²) in [7, 11) is 1.60. The lowest BCUT2D eigenvalue weighted by atomic mass is 10.1. The van der Waals surface area contributed by atoms with Gasteiger partial charge in [-0.25, -0.2) is 4.98 Å². The number of likely N-dealkylation sites (N-methyl/N-ethyl adjacent to an activating group) is 1. The smallest absolute Gasteiger partial charge is 0.239 e. The Balaban J connectivity index is 1.93. The van der Waals surface area contributed by atoms with Crippen molar-refractivity contribution in [1.29, 1.82) is 0 Å². The normalized spacial score (nSPS) is 19.0. The van der Waals surface area contributed by atoms with Crippen LogP contribution in [0.15, 0.2) is 22.8 Å². The maximum atomic E-state index is 12.1. The number of piperazine rings is 1. The highest BCUT2D eigenvalue weighted by atomic mass is 79.9. The van der Waals surface area contributed by atoms with Gasteiger partial charge in [-0.15, -0.1) is 0 Å². The van der Waals surface area contributed by atoms with Gasteiger partial charge in [0, 0.05) is 37.4 Å². The van der Waals surface area contributed by atoms with Crippen molar-refractivity contribution in [2.24, 2.45) is 0 Å². The Morgan fingerprint density at radius 2 is 2.33 bits per heavy atom. The Bertz CT molecular complexity index is 508. The van der Waals surface area contributed by atoms with Crippen molar-refractivity contribution in [2.45, 2.75) is 6.04 Å². The second kappa shape index (κ2) is 7.48. The van der Waals surface area contributed by atoms with Gasteiger partial charge in [-0.05, 0) is 28.1 Å². The number of nitrogens with one attached hydrogen (secondary N) is 3. The van der Waals surface area contributed by atoms with Gasteiger partial charge in [-0.2, -0.15) is 0 Å². The number of anilines is 1. The Hall–Kier alpha value is -1.51. The lowest BCUT2D eigenvalue weighted by Gasteiger charge is -2.34. The van der Waals surface area contributed by atoms with Gasteiger partial charge in [0.1, 0.15) is 11.9 Å². The molecule has 1 aliphatic heterocycles. The fourth-order valence-electron chi connectivity index (χ4n) is 2.18. The van der Waals surface area contributed by atoms with Crippen molar-refractivity contribution in [3.05, 3.63) is 22.8 Å². The molecule has 0 bridgehead atoms. The fraction of sp³-hybridized carbons (Fsp3) is 0.462. The molecule has 7 nitrogen and oxygen atoms in total. The highest BCUT2D eigenvalue weighted by Gasteiger charge is 2.29. The quantitative estimate of drug-likeness (QED) is 0.696. The SMILES string of the molecule is CNC(=O)C1CNCCN1CC(=O)Nc1ccc(Br)cn1. The topological polar surface area (TPSA) is 86.4 Å². The van der Waals surface area contributed by atoms with Gasteiger partial charge < -0.3 is 16.0 Å². The predicted octanol–water partition coefficient (Wildman–Crippen LogP) is -0.198. The fourth-order valence-corrected chi connectivity index (χ4v) is 2.41. The molecule has 2 heterocycles. The second-order valence-corrected chi connectivity index (χ2v) is 5.63. The van der Waals surface area contributed by atoms with Crippen molar-refractivity contribution < 1.29 is 9.59 Å². The summed E-state index contributed by atoms with van der Waals surface area (Å²) in [6.07, 6.45) is 1.62. The molecule has 1 aromatic rings. The summed E-state index contributed by atoms with van der Waals surface area (Å²) in [6, 6.07) is 3.20. The van der Waals surface area contributed by atoms with E-state index in [0.717, 1.165) is 11.0 Å². The first-order valence-corrected chi connectivity index (χ1v) is 7.47. The van der Waals surface area contributed by atoms with Gasteiger partial charge in [0.05, 0.1) is 6.54 Å². The van der Waals surface area contributed by atoms with E-state index in [1.165, 1.54) is 0 Å². The molecular formula is C13H18BrN5O2. The average molecular weight is 356 g/mol. The zero-order valence-electron chi connectivity index (χ0n) is 11.7. The van der Waals surface area contributed by atoms with Crippen molar-refractivity contribution in [2.75, 3.05) is 38.5 Å². The minimum absolute atomic E-state index is 0.0863. The van der Waals surface area contributed by atoms with Crippen LogP contribution in [0.5, 0.6) is 0 Å². The lowest BCUT2D eigenvalue weighted by molar-refractivity contribution is -0.128. The molecule has 1 atom stereocenters. The van der Waals surface area contributed by atoms with Crippen LogP contribution >= 0.6 is 15.9 Å². The minimum Gasteiger partial charge on any atom is -0.358 e. The summed E-state index contributed by atoms with van der Waals surface area (Å²) < 4.78 is 0.849. The van der Waals surface area contributed by atoms with Crippen LogP contribution < -0.4 is 16.0 Å². The largest absolute Gasteiger partial charge is 0.358 e. The number of carbonyl (C=O) groups is 2. The van der Waals surface area contributed by atoms with Crippen LogP contribution in [0.2, 0.25) is 0 Å². The third-order valence-electron chi connectivity index (χ3n) is 3.24. The van der Waals surface area contributed by atoms with Crippen LogP contribution in [0.1, 0.15) is 0 Å². The van der Waals surface area contributed by atoms with Gasteiger partial charge >= 0.3 is 0 Å². The van der Waals surface area contributed by atoms with E-state index in [2.05, 4.69) is 36.9 Å². The van der Waals surface area contributed by atoms with E-state index in [-0.39, 0.29) is 24.4 Å². The molecule has 2 amide bonds. The van der Waals surface area contributed by atoms with E-state index >= 15 is 0 Å². The molecule has 0 saturated carbocycles. The maximum absolute atomic E-state index is 12.1. The van der Waals surface area contributed by atoms with Crippen LogP contribution in [0.4, 0.5) is 5.82 Å². The Morgan fingerprint density at radius 3 is 3.00 bits per heavy atom. The number of hydrogen-bond donors (Lipinski definition) is 3. The summed E-state index contributed by atoms with van der Waals surface area (Å²) in [5.74, 6) is 0.229. The van der Waals surface area contributed by atoms with Crippen LogP contribution in [-0.2, 0) is 9.59 Å². The Kier molecular flexibility index (Phi) is 5.66. The van der Waals surface area contributed by atoms with Crippen LogP contribution in [0, 0.1) is 0 Å². The molecule has 1 saturated heterocycles. The highest BCUT2D eigenvalue weighted by Crippen LogP contribution is 2.11. The highest BCUT2D eigenvalue weighted by molar-refractivity contribution is 9.10. The zero-order valence-corrected chi connectivity index (χ0v) is 13.3. The predicted molar refractivity (Wildman–Crippen MR) is 82.9 cm³/mol. The summed E-state index contributed by atoms with van der Waals surface area (Å²) in [5.41, 5.74) is 0. The van der Waals surface area contributed by atoms with Gasteiger partial charge in [0.15, 0.2) is 0 Å². The summed E-state index contributed by atoms with van der Waals surface area (Å²) >= 11 is 3.29. The van der Waals surface area contributed by atoms with Gasteiger partial charge in [-0.1, -0.05) is 0 Å². The Morgan fingerprint density at radius 1 is 1.52 bits per heavy atom. The molecule has 1 unspecified atom stereocenters. The van der Waals surface area contributed by atoms with Crippen LogP contribution in [0.3, 0.4) is 0 Å². The number of hydrogen-bond acceptors (Lipinski definition) is 5. The second-order valence-electron chi connectivity index (χ2n) is 4.71. The van der Waals surface area contributed by atoms with E-state index < -0.39 is 0 Å². The molecular weight excluding hydrogens is 338 g/mol. The molecule has 0 aliphatic carbocycles. The Labute approximate surface area is 131 Å². The molecule has 3 N–H and O–H groups in total. The van der Waals surface area contributed by atoms with Crippen molar-refractivity contribution in [3.63, 3.8) is 0 Å². The number of nitrogens with zero attached hydrogens (tertiary/aromatic N) is 2. The number of carbonyl (C=O) groups excluding carboxylic acids is 2. The monoisotopic (exact) mass is 355 g/mol. The summed E-state index contributed by atoms with van der Waals surface area (Å²) in [4.78, 5) is 29.8. The van der Waals surface area contributed by atoms with Gasteiger partial charge in [0.2, 0.25) is 11.8 Å². The number of amides is 2. The van der Waals surface area contributed by atoms with Gasteiger partial charge in [-0.3, -0.25) is 14.5 Å². The first-order chi connectivity index (χ1) is 10.1. The standard InChI is InChI=1S/C13H18BrN5O2/c1-15-13(21)10-7-16-4-5-19(10)8-12(20)18-11-3-2-9(14)6-17-11/h2-3,6,10,16H,4-5,7-8H2,1H3,(H,15,21)(H,17,18,20). The van der Waals surface area contributed by atoms with E-state index in [1.54, 1.807) is 25.4 Å². The van der Waals surface area contributed by atoms with Gasteiger partial charge in [0.25, 0.3) is 0 Å². The lowest BCUT2D eigenvalue weighted by Crippen LogP contribution is -2.58. The molecule has 0 radical (unpaired) electrons. The third kappa shape index (κ3) is 4.48. The van der Waals surface area contributed by atoms with Crippen molar-refractivity contribution >= 4 is 33.6 Å². The summed E-state index contributed by atoms with van der Waals surface area (Å²) in [5, 5.41) is 8.51. The van der Waals surface area contributed by atoms with Crippen molar-refractivity contribution in [1.82, 2.24) is 20.5 Å². The van der Waals surface area contributed by atoms with Crippen LogP contribution in [-0.4, -0.2) is 61.0 Å². The molecule has 0 spiro atoms. The minimum atomic E-state index is -0.327. The van der Waals surface area contributed by atoms with Crippen LogP contribution in [0.25, 0.3) is 0 Å². The number of rotatable bonds is 4. The van der Waals surface area contributed by atoms with E-state index in [4.69, 9.17) is 0 Å². The maximum Gasteiger partial charge on any atom is 0.239 e. The molecule has 1 aromatic heterocycles. The summed E-state index contributed by atoms with van der Waals surface area (Å²) in [6.45, 7) is 2.12. The number of pyridine rings is 1. The first-order valence-electron chi connectivity index (χ1n) is 6.68. The molecule has 2 rings (SSSR count). The van der Waals surface area contributed by atoms with E-state index in [0.29, 0.717) is 18.9 Å². The molecule has 8 heteroatoms. The van der Waals surface area contributed by atoms with Crippen molar-refractivity contribution in [3.8, 4) is 0 Å². The molecule has 1 aliphatic rings. The van der Waals surface area contributed by atoms with E-state index in [9.17, 15) is 9.59 Å². The first kappa shape index (κ1) is 15.9. The number of halogens is 1. The molecule has 0 aromatic carbocycles. The average Bonchev–Trinajstić information content (AvgIpc) is 2.49. The van der Waals surface area contributed by atoms with E-state index in [1.807, 2.05) is 4.90 Å². The third-order valence-corrected chi connectivity index (χ3v) is 3.71. The molecule has 1 fully saturated rings. The number of aromatic nitrogens is 1. The molecule has 21 heavy (non-hydrogen) atoms. The zero-order chi connectivity index (χ0) is 15.2. The molecule has 114 valence electrons.